The maximum absolute atomic E-state index is 11.9. The number of hydrogen-bond donors (Lipinski definition) is 2. The zero-order valence-electron chi connectivity index (χ0n) is 12.1. The Kier molecular flexibility index (Phi) is 5.79. The van der Waals surface area contributed by atoms with Gasteiger partial charge in [-0.1, -0.05) is 42.5 Å². The van der Waals surface area contributed by atoms with Crippen LogP contribution in [0.4, 0.5) is 5.69 Å². The van der Waals surface area contributed by atoms with Crippen molar-refractivity contribution >= 4 is 11.6 Å². The highest BCUT2D eigenvalue weighted by Gasteiger charge is 2.06. The number of nitrogens with one attached hydrogen (secondary N) is 2. The van der Waals surface area contributed by atoms with Crippen LogP contribution in [0.3, 0.4) is 0 Å². The lowest BCUT2D eigenvalue weighted by atomic mass is 10.1. The molecule has 0 fully saturated rings. The van der Waals surface area contributed by atoms with Gasteiger partial charge in [-0.2, -0.15) is 0 Å². The number of carbonyl (C=O) groups excluding carboxylic acids is 1. The van der Waals surface area contributed by atoms with E-state index >= 15 is 0 Å². The highest BCUT2D eigenvalue weighted by atomic mass is 16.5. The van der Waals surface area contributed by atoms with Crippen LogP contribution >= 0.6 is 0 Å². The molecule has 0 spiro atoms. The van der Waals surface area contributed by atoms with Crippen molar-refractivity contribution in [3.05, 3.63) is 60.2 Å². The summed E-state index contributed by atoms with van der Waals surface area (Å²) in [5, 5.41) is 5.97. The molecule has 0 bridgehead atoms. The molecule has 2 aromatic rings. The highest BCUT2D eigenvalue weighted by molar-refractivity contribution is 5.93. The highest BCUT2D eigenvalue weighted by Crippen LogP contribution is 2.22. The number of amides is 1. The Balaban J connectivity index is 1.72. The summed E-state index contributed by atoms with van der Waals surface area (Å²) in [6.45, 7) is 1.05. The van der Waals surface area contributed by atoms with Crippen LogP contribution in [-0.2, 0) is 11.2 Å². The molecule has 2 aromatic carbocycles. The van der Waals surface area contributed by atoms with Gasteiger partial charge in [0, 0.05) is 0 Å². The van der Waals surface area contributed by atoms with Crippen molar-refractivity contribution in [1.82, 2.24) is 5.32 Å². The molecule has 0 aliphatic heterocycles. The molecule has 0 heterocycles. The molecule has 0 aliphatic carbocycles. The number of rotatable bonds is 7. The molecule has 4 nitrogen and oxygen atoms in total. The van der Waals surface area contributed by atoms with E-state index in [1.165, 1.54) is 5.56 Å². The Bertz CT molecular complexity index is 570. The SMILES string of the molecule is COc1ccccc1NC(=O)CNCCc1ccccc1. The van der Waals surface area contributed by atoms with E-state index in [9.17, 15) is 4.79 Å². The standard InChI is InChI=1S/C17H20N2O2/c1-21-16-10-6-5-9-15(16)19-17(20)13-18-12-11-14-7-3-2-4-8-14/h2-10,18H,11-13H2,1H3,(H,19,20). The van der Waals surface area contributed by atoms with Crippen LogP contribution in [0.5, 0.6) is 5.75 Å². The largest absolute Gasteiger partial charge is 0.495 e. The predicted molar refractivity (Wildman–Crippen MR) is 84.6 cm³/mol. The fourth-order valence-electron chi connectivity index (χ4n) is 2.02. The van der Waals surface area contributed by atoms with E-state index in [-0.39, 0.29) is 12.5 Å². The van der Waals surface area contributed by atoms with E-state index in [1.807, 2.05) is 42.5 Å². The number of carbonyl (C=O) groups is 1. The molecule has 1 amide bonds. The second-order valence-electron chi connectivity index (χ2n) is 4.66. The first-order chi connectivity index (χ1) is 10.3. The van der Waals surface area contributed by atoms with Crippen molar-refractivity contribution in [3.63, 3.8) is 0 Å². The number of anilines is 1. The van der Waals surface area contributed by atoms with Crippen molar-refractivity contribution in [2.24, 2.45) is 0 Å². The Morgan fingerprint density at radius 3 is 2.52 bits per heavy atom. The van der Waals surface area contributed by atoms with E-state index in [0.29, 0.717) is 11.4 Å². The van der Waals surface area contributed by atoms with Crippen molar-refractivity contribution in [3.8, 4) is 5.75 Å². The van der Waals surface area contributed by atoms with Gasteiger partial charge in [0.05, 0.1) is 19.3 Å². The molecule has 0 atom stereocenters. The van der Waals surface area contributed by atoms with Crippen molar-refractivity contribution in [2.45, 2.75) is 6.42 Å². The zero-order chi connectivity index (χ0) is 14.9. The molecule has 110 valence electrons. The van der Waals surface area contributed by atoms with Crippen LogP contribution in [0, 0.1) is 0 Å². The number of methoxy groups -OCH3 is 1. The molecule has 0 saturated carbocycles. The molecule has 0 aromatic heterocycles. The minimum atomic E-state index is -0.0763. The molecule has 2 rings (SSSR count). The Morgan fingerprint density at radius 1 is 1.05 bits per heavy atom. The summed E-state index contributed by atoms with van der Waals surface area (Å²) < 4.78 is 5.19. The topological polar surface area (TPSA) is 50.4 Å². The van der Waals surface area contributed by atoms with Gasteiger partial charge in [-0.25, -0.2) is 0 Å². The maximum atomic E-state index is 11.9. The Morgan fingerprint density at radius 2 is 1.76 bits per heavy atom. The average molecular weight is 284 g/mol. The third-order valence-corrected chi connectivity index (χ3v) is 3.10. The van der Waals surface area contributed by atoms with Crippen LogP contribution in [0.15, 0.2) is 54.6 Å². The van der Waals surface area contributed by atoms with Gasteiger partial charge < -0.3 is 15.4 Å². The third-order valence-electron chi connectivity index (χ3n) is 3.10. The third kappa shape index (κ3) is 4.93. The Hall–Kier alpha value is -2.33. The van der Waals surface area contributed by atoms with Crippen molar-refractivity contribution in [2.75, 3.05) is 25.5 Å². The van der Waals surface area contributed by atoms with Crippen LogP contribution in [0.2, 0.25) is 0 Å². The van der Waals surface area contributed by atoms with E-state index in [1.54, 1.807) is 7.11 Å². The van der Waals surface area contributed by atoms with Crippen LogP contribution in [-0.4, -0.2) is 26.1 Å². The normalized spacial score (nSPS) is 10.1. The minimum Gasteiger partial charge on any atom is -0.495 e. The van der Waals surface area contributed by atoms with Gasteiger partial charge in [0.25, 0.3) is 0 Å². The molecule has 21 heavy (non-hydrogen) atoms. The van der Waals surface area contributed by atoms with Gasteiger partial charge in [-0.3, -0.25) is 4.79 Å². The van der Waals surface area contributed by atoms with E-state index in [2.05, 4.69) is 22.8 Å². The number of ether oxygens (including phenoxy) is 1. The predicted octanol–water partition coefficient (Wildman–Crippen LogP) is 2.47. The molecule has 4 heteroatoms. The lowest BCUT2D eigenvalue weighted by Gasteiger charge is -2.10. The summed E-state index contributed by atoms with van der Waals surface area (Å²) in [5.41, 5.74) is 1.95. The second kappa shape index (κ2) is 8.07. The van der Waals surface area contributed by atoms with Gasteiger partial charge in [0.1, 0.15) is 5.75 Å². The maximum Gasteiger partial charge on any atom is 0.238 e. The molecule has 0 radical (unpaired) electrons. The average Bonchev–Trinajstić information content (AvgIpc) is 2.53. The summed E-state index contributed by atoms with van der Waals surface area (Å²) in [7, 11) is 1.59. The van der Waals surface area contributed by atoms with Gasteiger partial charge in [-0.05, 0) is 30.7 Å². The van der Waals surface area contributed by atoms with Gasteiger partial charge in [-0.15, -0.1) is 0 Å². The fraction of sp³-hybridized carbons (Fsp3) is 0.235. The van der Waals surface area contributed by atoms with Gasteiger partial charge in [0.15, 0.2) is 0 Å². The van der Waals surface area contributed by atoms with Crippen molar-refractivity contribution < 1.29 is 9.53 Å². The molecule has 0 aliphatic rings. The quantitative estimate of drug-likeness (QED) is 0.768. The lowest BCUT2D eigenvalue weighted by Crippen LogP contribution is -2.29. The summed E-state index contributed by atoms with van der Waals surface area (Å²) in [6, 6.07) is 17.6. The summed E-state index contributed by atoms with van der Waals surface area (Å²) in [4.78, 5) is 11.9. The summed E-state index contributed by atoms with van der Waals surface area (Å²) in [5.74, 6) is 0.586. The van der Waals surface area contributed by atoms with Crippen LogP contribution < -0.4 is 15.4 Å². The summed E-state index contributed by atoms with van der Waals surface area (Å²) >= 11 is 0. The first kappa shape index (κ1) is 15.1. The number of hydrogen-bond acceptors (Lipinski definition) is 3. The fourth-order valence-corrected chi connectivity index (χ4v) is 2.02. The first-order valence-corrected chi connectivity index (χ1v) is 6.97. The zero-order valence-corrected chi connectivity index (χ0v) is 12.1. The number of benzene rings is 2. The Labute approximate surface area is 125 Å². The number of para-hydroxylation sites is 2. The monoisotopic (exact) mass is 284 g/mol. The molecule has 0 unspecified atom stereocenters. The molecular formula is C17H20N2O2. The lowest BCUT2D eigenvalue weighted by molar-refractivity contribution is -0.115. The van der Waals surface area contributed by atoms with E-state index < -0.39 is 0 Å². The molecule has 2 N–H and O–H groups in total. The van der Waals surface area contributed by atoms with Crippen molar-refractivity contribution in [1.29, 1.82) is 0 Å². The van der Waals surface area contributed by atoms with Gasteiger partial charge in [0.2, 0.25) is 5.91 Å². The minimum absolute atomic E-state index is 0.0763. The van der Waals surface area contributed by atoms with Crippen LogP contribution in [0.1, 0.15) is 5.56 Å². The van der Waals surface area contributed by atoms with E-state index in [4.69, 9.17) is 4.74 Å². The van der Waals surface area contributed by atoms with Crippen LogP contribution in [0.25, 0.3) is 0 Å². The van der Waals surface area contributed by atoms with E-state index in [0.717, 1.165) is 13.0 Å². The smallest absolute Gasteiger partial charge is 0.238 e. The summed E-state index contributed by atoms with van der Waals surface area (Å²) in [6.07, 6.45) is 0.906. The molecule has 0 saturated heterocycles. The first-order valence-electron chi connectivity index (χ1n) is 6.97. The van der Waals surface area contributed by atoms with Gasteiger partial charge >= 0.3 is 0 Å². The second-order valence-corrected chi connectivity index (χ2v) is 4.66. The molecular weight excluding hydrogens is 264 g/mol.